The van der Waals surface area contributed by atoms with Gasteiger partial charge < -0.3 is 9.47 Å². The zero-order valence-corrected chi connectivity index (χ0v) is 12.3. The Morgan fingerprint density at radius 1 is 0.895 bits per heavy atom. The summed E-state index contributed by atoms with van der Waals surface area (Å²) in [5, 5.41) is -0.328. The Morgan fingerprint density at radius 2 is 1.32 bits per heavy atom. The molecule has 0 saturated heterocycles. The Morgan fingerprint density at radius 3 is 1.74 bits per heavy atom. The van der Waals surface area contributed by atoms with Crippen molar-refractivity contribution in [2.24, 2.45) is 0 Å². The van der Waals surface area contributed by atoms with Crippen molar-refractivity contribution in [2.75, 3.05) is 19.6 Å². The van der Waals surface area contributed by atoms with E-state index < -0.39 is 27.0 Å². The third kappa shape index (κ3) is 8.22. The largest absolute Gasteiger partial charge is 0.466 e. The third-order valence-corrected chi connectivity index (χ3v) is 3.27. The van der Waals surface area contributed by atoms with Gasteiger partial charge in [-0.15, -0.1) is 20.7 Å². The van der Waals surface area contributed by atoms with Crippen LogP contribution in [0.2, 0.25) is 0 Å². The van der Waals surface area contributed by atoms with Crippen molar-refractivity contribution in [3.05, 3.63) is 24.3 Å². The van der Waals surface area contributed by atoms with Crippen LogP contribution in [0.4, 0.5) is 0 Å². The molecule has 0 amide bonds. The van der Waals surface area contributed by atoms with E-state index in [0.29, 0.717) is 0 Å². The van der Waals surface area contributed by atoms with E-state index >= 15 is 0 Å². The predicted octanol–water partition coefficient (Wildman–Crippen LogP) is 0.777. The summed E-state index contributed by atoms with van der Waals surface area (Å²) in [4.78, 5) is 44.3. The zero-order chi connectivity index (χ0) is 15.1. The molecule has 0 atom stereocenters. The minimum absolute atomic E-state index is 0.328. The van der Waals surface area contributed by atoms with Crippen LogP contribution in [0, 0.1) is 0 Å². The van der Waals surface area contributed by atoms with Crippen molar-refractivity contribution in [3.63, 3.8) is 0 Å². The summed E-state index contributed by atoms with van der Waals surface area (Å²) in [6, 6.07) is 0. The maximum absolute atomic E-state index is 11.4. The molecule has 0 aromatic rings. The van der Waals surface area contributed by atoms with Gasteiger partial charge in [0.05, 0.1) is 7.11 Å². The smallest absolute Gasteiger partial charge is 0.338 e. The minimum Gasteiger partial charge on any atom is -0.466 e. The molecule has 6 nitrogen and oxygen atoms in total. The Labute approximate surface area is 116 Å². The fourth-order valence-corrected chi connectivity index (χ4v) is 1.26. The summed E-state index contributed by atoms with van der Waals surface area (Å²) in [6.45, 7) is 0. The molecule has 0 bridgehead atoms. The van der Waals surface area contributed by atoms with Crippen molar-refractivity contribution < 1.29 is 28.7 Å². The molecule has 0 unspecified atom stereocenters. The number of methoxy groups -OCH3 is 1. The van der Waals surface area contributed by atoms with E-state index in [9.17, 15) is 19.2 Å². The second-order valence-corrected chi connectivity index (χ2v) is 9.21. The van der Waals surface area contributed by atoms with Crippen molar-refractivity contribution in [2.45, 2.75) is 0 Å². The van der Waals surface area contributed by atoms with Crippen LogP contribution < -0.4 is 0 Å². The molecule has 0 aromatic carbocycles. The maximum Gasteiger partial charge on any atom is 0.338 e. The average molecular weight is 306 g/mol. The van der Waals surface area contributed by atoms with E-state index in [-0.39, 0.29) is 5.12 Å². The molecule has 19 heavy (non-hydrogen) atoms. The molecular weight excluding hydrogens is 292 g/mol. The standard InChI is InChI=1S/C11H14O6S2/c1-16-8(12)4-5-9(13)17-10(14)6-7-11(15)19(2,3)18/h4-7,18H,1-3H3. The van der Waals surface area contributed by atoms with Gasteiger partial charge in [-0.3, -0.25) is 4.79 Å². The van der Waals surface area contributed by atoms with Gasteiger partial charge in [0.15, 0.2) is 0 Å². The van der Waals surface area contributed by atoms with Crippen LogP contribution >= 0.6 is 20.7 Å². The molecule has 0 N–H and O–H groups in total. The Bertz CT molecular complexity index is 445. The number of carbonyl (C=O) groups excluding carboxylic acids is 4. The first-order valence-electron chi connectivity index (χ1n) is 4.86. The highest BCUT2D eigenvalue weighted by Gasteiger charge is 2.14. The summed E-state index contributed by atoms with van der Waals surface area (Å²) in [7, 11) is -0.613. The van der Waals surface area contributed by atoms with Crippen LogP contribution in [0.5, 0.6) is 0 Å². The van der Waals surface area contributed by atoms with Gasteiger partial charge in [0.25, 0.3) is 0 Å². The highest BCUT2D eigenvalue weighted by Crippen LogP contribution is 2.45. The first-order valence-corrected chi connectivity index (χ1v) is 8.36. The predicted molar refractivity (Wildman–Crippen MR) is 74.8 cm³/mol. The number of esters is 3. The Hall–Kier alpha value is -1.54. The molecule has 0 aromatic heterocycles. The molecule has 0 aliphatic rings. The van der Waals surface area contributed by atoms with Gasteiger partial charge in [0.2, 0.25) is 5.12 Å². The van der Waals surface area contributed by atoms with Crippen molar-refractivity contribution in [3.8, 4) is 0 Å². The minimum atomic E-state index is -1.75. The number of thiol groups is 1. The molecule has 0 fully saturated rings. The number of rotatable bonds is 4. The first-order chi connectivity index (χ1) is 8.66. The first kappa shape index (κ1) is 17.5. The van der Waals surface area contributed by atoms with Crippen LogP contribution in [0.3, 0.4) is 0 Å². The van der Waals surface area contributed by atoms with E-state index in [2.05, 4.69) is 21.1 Å². The molecule has 0 aliphatic heterocycles. The monoisotopic (exact) mass is 306 g/mol. The lowest BCUT2D eigenvalue weighted by molar-refractivity contribution is -0.152. The van der Waals surface area contributed by atoms with Crippen LogP contribution in [0.25, 0.3) is 0 Å². The number of hydrogen-bond acceptors (Lipinski definition) is 7. The number of hydrogen-bond donors (Lipinski definition) is 1. The maximum atomic E-state index is 11.4. The van der Waals surface area contributed by atoms with Crippen LogP contribution in [0.15, 0.2) is 24.3 Å². The lowest BCUT2D eigenvalue weighted by atomic mass is 10.5. The van der Waals surface area contributed by atoms with Crippen LogP contribution in [-0.4, -0.2) is 42.6 Å². The topological polar surface area (TPSA) is 86.7 Å². The second kappa shape index (κ2) is 7.80. The summed E-state index contributed by atoms with van der Waals surface area (Å²) < 4.78 is 8.52. The molecule has 0 radical (unpaired) electrons. The highest BCUT2D eigenvalue weighted by atomic mass is 33.1. The Balaban J connectivity index is 4.37. The normalized spacial score (nSPS) is 12.4. The second-order valence-electron chi connectivity index (χ2n) is 3.52. The van der Waals surface area contributed by atoms with Gasteiger partial charge >= 0.3 is 17.9 Å². The van der Waals surface area contributed by atoms with Gasteiger partial charge in [0, 0.05) is 18.2 Å². The summed E-state index contributed by atoms with van der Waals surface area (Å²) in [5.41, 5.74) is 0. The lowest BCUT2D eigenvalue weighted by Crippen LogP contribution is -2.09. The molecule has 0 spiro atoms. The molecule has 106 valence electrons. The van der Waals surface area contributed by atoms with Gasteiger partial charge in [-0.1, -0.05) is 0 Å². The number of ether oxygens (including phenoxy) is 2. The van der Waals surface area contributed by atoms with E-state index in [1.54, 1.807) is 12.5 Å². The Kier molecular flexibility index (Phi) is 7.17. The molecule has 0 aliphatic carbocycles. The molecule has 0 saturated carbocycles. The SMILES string of the molecule is COC(=O)C=CC(=O)OC(=O)C=CC(=O)S(C)(C)S. The van der Waals surface area contributed by atoms with Gasteiger partial charge in [-0.2, -0.15) is 0 Å². The third-order valence-electron chi connectivity index (χ3n) is 1.61. The lowest BCUT2D eigenvalue weighted by Gasteiger charge is -2.18. The van der Waals surface area contributed by atoms with E-state index in [1.807, 2.05) is 0 Å². The van der Waals surface area contributed by atoms with E-state index in [0.717, 1.165) is 31.4 Å². The summed E-state index contributed by atoms with van der Waals surface area (Å²) >= 11 is 4.09. The van der Waals surface area contributed by atoms with Crippen molar-refractivity contribution >= 4 is 43.7 Å². The summed E-state index contributed by atoms with van der Waals surface area (Å²) in [6.07, 6.45) is 6.66. The zero-order valence-electron chi connectivity index (χ0n) is 10.6. The van der Waals surface area contributed by atoms with Crippen molar-refractivity contribution in [1.82, 2.24) is 0 Å². The molecular formula is C11H14O6S2. The average Bonchev–Trinajstić information content (AvgIpc) is 2.31. The molecule has 8 heteroatoms. The van der Waals surface area contributed by atoms with Crippen LogP contribution in [-0.2, 0) is 28.7 Å². The van der Waals surface area contributed by atoms with Gasteiger partial charge in [-0.05, 0) is 18.6 Å². The quantitative estimate of drug-likeness (QED) is 0.271. The number of carbonyl (C=O) groups is 4. The fraction of sp³-hybridized carbons (Fsp3) is 0.273. The van der Waals surface area contributed by atoms with E-state index in [4.69, 9.17) is 0 Å². The summed E-state index contributed by atoms with van der Waals surface area (Å²) in [5.74, 6) is -2.80. The molecule has 0 rings (SSSR count). The van der Waals surface area contributed by atoms with Gasteiger partial charge in [0.1, 0.15) is 0 Å². The van der Waals surface area contributed by atoms with Crippen molar-refractivity contribution in [1.29, 1.82) is 0 Å². The van der Waals surface area contributed by atoms with Gasteiger partial charge in [-0.25, -0.2) is 14.4 Å². The molecule has 0 heterocycles. The fourth-order valence-electron chi connectivity index (χ4n) is 0.674. The van der Waals surface area contributed by atoms with Crippen LogP contribution in [0.1, 0.15) is 0 Å². The van der Waals surface area contributed by atoms with E-state index in [1.165, 1.54) is 0 Å². The highest BCUT2D eigenvalue weighted by molar-refractivity contribution is 8.93.